The Labute approximate surface area is 373 Å². The number of nitrogens with one attached hydrogen (secondary N) is 4. The van der Waals surface area contributed by atoms with Crippen LogP contribution in [0, 0.1) is 23.7 Å². The highest BCUT2D eigenvalue weighted by molar-refractivity contribution is 5.89. The lowest BCUT2D eigenvalue weighted by molar-refractivity contribution is -0.137. The fourth-order valence-electron chi connectivity index (χ4n) is 11.2. The Kier molecular flexibility index (Phi) is 10.7. The lowest BCUT2D eigenvalue weighted by Gasteiger charge is -2.31. The van der Waals surface area contributed by atoms with Crippen LogP contribution >= 0.6 is 0 Å². The molecule has 3 aliphatic carbocycles. The monoisotopic (exact) mass is 866 g/mol. The van der Waals surface area contributed by atoms with Crippen molar-refractivity contribution in [3.63, 3.8) is 0 Å². The van der Waals surface area contributed by atoms with Gasteiger partial charge in [-0.1, -0.05) is 70.2 Å². The van der Waals surface area contributed by atoms with Crippen LogP contribution in [0.2, 0.25) is 0 Å². The van der Waals surface area contributed by atoms with Crippen LogP contribution < -0.4 is 10.6 Å². The maximum Gasteiger partial charge on any atom is 0.407 e. The van der Waals surface area contributed by atoms with Crippen LogP contribution in [-0.4, -0.2) is 92.6 Å². The van der Waals surface area contributed by atoms with Crippen LogP contribution in [0.4, 0.5) is 9.59 Å². The van der Waals surface area contributed by atoms with Gasteiger partial charge in [-0.05, 0) is 126 Å². The number of ether oxygens (including phenoxy) is 2. The highest BCUT2D eigenvalue weighted by atomic mass is 16.5. The molecule has 5 unspecified atom stereocenters. The number of carbonyl (C=O) groups excluding carboxylic acids is 4. The van der Waals surface area contributed by atoms with Gasteiger partial charge in [0, 0.05) is 12.6 Å². The molecule has 3 aromatic carbocycles. The van der Waals surface area contributed by atoms with E-state index >= 15 is 0 Å². The zero-order valence-electron chi connectivity index (χ0n) is 37.4. The Morgan fingerprint density at radius 1 is 0.734 bits per heavy atom. The topological polar surface area (TPSA) is 175 Å². The number of amides is 4. The number of nitrogens with zero attached hydrogens (tertiary/aromatic N) is 4. The molecule has 2 aliphatic heterocycles. The first-order valence-electron chi connectivity index (χ1n) is 23.1. The number of piperidine rings is 1. The molecule has 0 bridgehead atoms. The largest absolute Gasteiger partial charge is 0.453 e. The standard InChI is InChI=1S/C50H58N8O6/c1-25(2)43(55-49(61)63-5)47(59)57-19-7-8-39(57)45-51-24-38(54-45)28-11-9-27(10-12-28)33-17-16-32(35-20-29-13-15-34(29)42(33)35)30-14-18-36-37(21-30)53-46(52-36)41-23-31-22-40(31)58(41)48(60)44(26(3)4)56-50(62)64-6/h9-12,14,16-18,21,24-26,29,31,34,39-41,43-44H,7-8,13,15,19-20,22-23H2,1-6H3,(H,51,54)(H,52,53)(H,55,61)(H,56,62)/t29?,31?,34?,39-,40?,41-,43-,44?/m0/s1. The molecule has 2 saturated heterocycles. The van der Waals surface area contributed by atoms with Gasteiger partial charge in [0.25, 0.3) is 0 Å². The van der Waals surface area contributed by atoms with Gasteiger partial charge in [-0.3, -0.25) is 9.59 Å². The van der Waals surface area contributed by atoms with Crippen LogP contribution in [0.3, 0.4) is 0 Å². The minimum atomic E-state index is -0.684. The molecule has 334 valence electrons. The van der Waals surface area contributed by atoms with E-state index in [4.69, 9.17) is 19.4 Å². The number of alkyl carbamates (subject to hydrolysis) is 2. The first kappa shape index (κ1) is 41.8. The minimum absolute atomic E-state index is 0.0826. The molecule has 14 nitrogen and oxygen atoms in total. The van der Waals surface area contributed by atoms with Gasteiger partial charge in [0.1, 0.15) is 23.7 Å². The molecule has 8 atom stereocenters. The normalized spacial score (nSPS) is 23.9. The van der Waals surface area contributed by atoms with Crippen molar-refractivity contribution in [1.82, 2.24) is 40.4 Å². The van der Waals surface area contributed by atoms with Crippen molar-refractivity contribution in [2.24, 2.45) is 23.7 Å². The summed E-state index contributed by atoms with van der Waals surface area (Å²) in [6.07, 6.45) is 7.64. The first-order valence-corrected chi connectivity index (χ1v) is 23.1. The zero-order chi connectivity index (χ0) is 44.6. The summed E-state index contributed by atoms with van der Waals surface area (Å²) >= 11 is 0. The molecule has 0 spiro atoms. The maximum atomic E-state index is 14.0. The summed E-state index contributed by atoms with van der Waals surface area (Å²) in [7, 11) is 2.62. The number of carbonyl (C=O) groups is 4. The SMILES string of the molecule is COC(=O)NC(C(=O)N1C2CC2C[C@H]1c1nc2ccc(-c3ccc(-c4ccc(-c5cnc([C@@H]6CCCN6C(=O)[C@@H](NC(=O)OC)C(C)C)[nH]5)cc4)c4c3CC3CCC43)cc2[nH]1)C(C)C. The van der Waals surface area contributed by atoms with E-state index in [-0.39, 0.29) is 41.8 Å². The van der Waals surface area contributed by atoms with Crippen LogP contribution in [0.1, 0.15) is 107 Å². The molecule has 10 rings (SSSR count). The second kappa shape index (κ2) is 16.4. The summed E-state index contributed by atoms with van der Waals surface area (Å²) in [6.45, 7) is 8.32. The van der Waals surface area contributed by atoms with Crippen molar-refractivity contribution in [2.75, 3.05) is 20.8 Å². The average molecular weight is 867 g/mol. The Bertz CT molecular complexity index is 2630. The highest BCUT2D eigenvalue weighted by Crippen LogP contribution is 2.57. The Morgan fingerprint density at radius 2 is 1.42 bits per heavy atom. The fraction of sp³-hybridized carbons (Fsp3) is 0.480. The van der Waals surface area contributed by atoms with Crippen molar-refractivity contribution < 1.29 is 28.7 Å². The zero-order valence-corrected chi connectivity index (χ0v) is 37.4. The Hall–Kier alpha value is -6.18. The van der Waals surface area contributed by atoms with E-state index in [2.05, 4.69) is 75.2 Å². The molecular weight excluding hydrogens is 809 g/mol. The summed E-state index contributed by atoms with van der Waals surface area (Å²) in [5.74, 6) is 2.80. The van der Waals surface area contributed by atoms with E-state index in [1.54, 1.807) is 0 Å². The number of fused-ring (bicyclic) bond motifs is 5. The molecule has 2 aromatic heterocycles. The van der Waals surface area contributed by atoms with Gasteiger partial charge in [-0.2, -0.15) is 0 Å². The van der Waals surface area contributed by atoms with Gasteiger partial charge < -0.3 is 39.9 Å². The molecule has 5 aliphatic rings. The Morgan fingerprint density at radius 3 is 2.11 bits per heavy atom. The summed E-state index contributed by atoms with van der Waals surface area (Å²) in [4.78, 5) is 72.7. The van der Waals surface area contributed by atoms with Crippen LogP contribution in [0.25, 0.3) is 44.5 Å². The quantitative estimate of drug-likeness (QED) is 0.102. The molecule has 4 N–H and O–H groups in total. The number of likely N-dealkylation sites (tertiary alicyclic amines) is 2. The smallest absolute Gasteiger partial charge is 0.407 e. The number of hydrogen-bond acceptors (Lipinski definition) is 8. The van der Waals surface area contributed by atoms with Crippen LogP contribution in [0.5, 0.6) is 0 Å². The number of hydrogen-bond donors (Lipinski definition) is 4. The van der Waals surface area contributed by atoms with E-state index in [9.17, 15) is 19.2 Å². The Balaban J connectivity index is 0.888. The van der Waals surface area contributed by atoms with E-state index in [1.807, 2.05) is 43.7 Å². The number of aromatic nitrogens is 4. The van der Waals surface area contributed by atoms with Gasteiger partial charge >= 0.3 is 12.2 Å². The van der Waals surface area contributed by atoms with Crippen molar-refractivity contribution in [2.45, 2.75) is 109 Å². The third kappa shape index (κ3) is 7.28. The van der Waals surface area contributed by atoms with Gasteiger partial charge in [0.05, 0.1) is 49.2 Å². The van der Waals surface area contributed by atoms with E-state index in [0.717, 1.165) is 71.6 Å². The molecule has 2 saturated carbocycles. The van der Waals surface area contributed by atoms with Crippen molar-refractivity contribution in [3.05, 3.63) is 83.6 Å². The summed E-state index contributed by atoms with van der Waals surface area (Å²) in [5, 5.41) is 5.50. The predicted octanol–water partition coefficient (Wildman–Crippen LogP) is 8.42. The molecule has 0 radical (unpaired) electrons. The average Bonchev–Trinajstić information content (AvgIpc) is 3.87. The van der Waals surface area contributed by atoms with Crippen LogP contribution in [0.15, 0.2) is 60.8 Å². The third-order valence-electron chi connectivity index (χ3n) is 14.8. The number of aromatic amines is 2. The molecule has 4 heterocycles. The van der Waals surface area contributed by atoms with Crippen molar-refractivity contribution in [3.8, 4) is 33.5 Å². The second-order valence-electron chi connectivity index (χ2n) is 19.3. The number of rotatable bonds is 11. The summed E-state index contributed by atoms with van der Waals surface area (Å²) in [5.41, 5.74) is 11.6. The van der Waals surface area contributed by atoms with Gasteiger partial charge in [0.15, 0.2) is 0 Å². The van der Waals surface area contributed by atoms with Gasteiger partial charge in [-0.15, -0.1) is 0 Å². The predicted molar refractivity (Wildman–Crippen MR) is 242 cm³/mol. The lowest BCUT2D eigenvalue weighted by Crippen LogP contribution is -2.52. The van der Waals surface area contributed by atoms with Crippen molar-refractivity contribution in [1.29, 1.82) is 0 Å². The van der Waals surface area contributed by atoms with Crippen LogP contribution in [-0.2, 0) is 25.5 Å². The number of imidazole rings is 2. The summed E-state index contributed by atoms with van der Waals surface area (Å²) < 4.78 is 9.65. The second-order valence-corrected chi connectivity index (χ2v) is 19.3. The molecule has 5 aromatic rings. The minimum Gasteiger partial charge on any atom is -0.453 e. The maximum absolute atomic E-state index is 14.0. The molecule has 64 heavy (non-hydrogen) atoms. The number of benzene rings is 3. The van der Waals surface area contributed by atoms with Gasteiger partial charge in [-0.25, -0.2) is 19.6 Å². The number of methoxy groups -OCH3 is 2. The van der Waals surface area contributed by atoms with E-state index < -0.39 is 24.3 Å². The summed E-state index contributed by atoms with van der Waals surface area (Å²) in [6, 6.07) is 18.2. The number of H-pyrrole nitrogens is 2. The fourth-order valence-corrected chi connectivity index (χ4v) is 11.2. The molecular formula is C50H58N8O6. The lowest BCUT2D eigenvalue weighted by atomic mass is 9.73. The van der Waals surface area contributed by atoms with E-state index in [1.165, 1.54) is 54.9 Å². The third-order valence-corrected chi connectivity index (χ3v) is 14.8. The molecule has 4 fully saturated rings. The highest BCUT2D eigenvalue weighted by Gasteiger charge is 2.56. The van der Waals surface area contributed by atoms with E-state index in [0.29, 0.717) is 24.3 Å². The van der Waals surface area contributed by atoms with Crippen molar-refractivity contribution >= 4 is 35.0 Å². The van der Waals surface area contributed by atoms with Gasteiger partial charge in [0.2, 0.25) is 11.8 Å². The first-order chi connectivity index (χ1) is 30.9. The molecule has 4 amide bonds. The molecule has 14 heteroatoms.